The van der Waals surface area contributed by atoms with Gasteiger partial charge in [0.25, 0.3) is 0 Å². The minimum absolute atomic E-state index is 0.00514. The molecule has 0 unspecified atom stereocenters. The molecular weight excluding hydrogens is 270 g/mol. The van der Waals surface area contributed by atoms with E-state index in [4.69, 9.17) is 4.74 Å². The second-order valence-corrected chi connectivity index (χ2v) is 4.57. The maximum atomic E-state index is 12.6. The number of benzene rings is 1. The van der Waals surface area contributed by atoms with E-state index in [2.05, 4.69) is 4.98 Å². The van der Waals surface area contributed by atoms with Crippen molar-refractivity contribution in [2.45, 2.75) is 13.8 Å². The number of ether oxygens (including phenoxy) is 1. The predicted octanol–water partition coefficient (Wildman–Crippen LogP) is 2.42. The Morgan fingerprint density at radius 1 is 1.05 bits per heavy atom. The third-order valence-electron chi connectivity index (χ3n) is 3.18. The number of carbonyl (C=O) groups excluding carboxylic acids is 2. The normalized spacial score (nSPS) is 10.2. The number of nitrogens with zero attached hydrogens (tertiary/aromatic N) is 1. The summed E-state index contributed by atoms with van der Waals surface area (Å²) >= 11 is 0. The average Bonchev–Trinajstić information content (AvgIpc) is 2.50. The van der Waals surface area contributed by atoms with Crippen LogP contribution in [0, 0.1) is 13.8 Å². The van der Waals surface area contributed by atoms with Gasteiger partial charge in [-0.1, -0.05) is 30.3 Å². The first kappa shape index (κ1) is 14.7. The van der Waals surface area contributed by atoms with Crippen LogP contribution in [0.15, 0.2) is 30.3 Å². The fraction of sp³-hybridized carbons (Fsp3) is 0.188. The lowest BCUT2D eigenvalue weighted by atomic mass is 9.96. The van der Waals surface area contributed by atoms with Crippen LogP contribution in [-0.4, -0.2) is 29.0 Å². The number of aryl methyl sites for hydroxylation is 2. The Morgan fingerprint density at radius 2 is 1.67 bits per heavy atom. The molecule has 0 aliphatic rings. The summed E-state index contributed by atoms with van der Waals surface area (Å²) in [6, 6.07) is 8.44. The van der Waals surface area contributed by atoms with Gasteiger partial charge in [0.15, 0.2) is 5.78 Å². The monoisotopic (exact) mass is 285 g/mol. The van der Waals surface area contributed by atoms with Gasteiger partial charge in [-0.15, -0.1) is 0 Å². The fourth-order valence-corrected chi connectivity index (χ4v) is 2.15. The van der Waals surface area contributed by atoms with Crippen LogP contribution in [0.3, 0.4) is 0 Å². The third-order valence-corrected chi connectivity index (χ3v) is 3.18. The zero-order valence-electron chi connectivity index (χ0n) is 12.0. The van der Waals surface area contributed by atoms with Crippen molar-refractivity contribution in [3.05, 3.63) is 58.4 Å². The highest BCUT2D eigenvalue weighted by Gasteiger charge is 2.27. The number of ketones is 1. The number of pyridine rings is 1. The number of hydrogen-bond acceptors (Lipinski definition) is 5. The van der Waals surface area contributed by atoms with Crippen molar-refractivity contribution in [3.8, 4) is 5.75 Å². The summed E-state index contributed by atoms with van der Waals surface area (Å²) < 4.78 is 4.70. The van der Waals surface area contributed by atoms with E-state index < -0.39 is 11.8 Å². The summed E-state index contributed by atoms with van der Waals surface area (Å²) in [4.78, 5) is 28.6. The number of aromatic hydroxyl groups is 1. The van der Waals surface area contributed by atoms with Crippen LogP contribution in [0.2, 0.25) is 0 Å². The molecule has 2 aromatic rings. The Morgan fingerprint density at radius 3 is 2.24 bits per heavy atom. The first-order chi connectivity index (χ1) is 9.97. The van der Waals surface area contributed by atoms with Gasteiger partial charge in [-0.05, 0) is 13.8 Å². The Balaban J connectivity index is 2.72. The Labute approximate surface area is 122 Å². The first-order valence-electron chi connectivity index (χ1n) is 6.35. The highest BCUT2D eigenvalue weighted by Crippen LogP contribution is 2.29. The lowest BCUT2D eigenvalue weighted by molar-refractivity contribution is 0.0595. The largest absolute Gasteiger partial charge is 0.505 e. The van der Waals surface area contributed by atoms with E-state index in [1.807, 2.05) is 0 Å². The van der Waals surface area contributed by atoms with Crippen molar-refractivity contribution in [2.24, 2.45) is 0 Å². The summed E-state index contributed by atoms with van der Waals surface area (Å²) in [6.45, 7) is 3.17. The molecule has 0 aliphatic carbocycles. The molecule has 0 saturated carbocycles. The summed E-state index contributed by atoms with van der Waals surface area (Å²) in [6.07, 6.45) is 0. The minimum atomic E-state index is -0.699. The summed E-state index contributed by atoms with van der Waals surface area (Å²) in [7, 11) is 1.22. The maximum Gasteiger partial charge on any atom is 0.340 e. The number of methoxy groups -OCH3 is 1. The van der Waals surface area contributed by atoms with Crippen molar-refractivity contribution in [1.29, 1.82) is 0 Å². The smallest absolute Gasteiger partial charge is 0.340 e. The first-order valence-corrected chi connectivity index (χ1v) is 6.35. The molecule has 2 rings (SSSR count). The zero-order chi connectivity index (χ0) is 15.6. The van der Waals surface area contributed by atoms with Gasteiger partial charge in [0, 0.05) is 5.56 Å². The summed E-state index contributed by atoms with van der Waals surface area (Å²) in [5.74, 6) is -1.44. The fourth-order valence-electron chi connectivity index (χ4n) is 2.15. The molecule has 0 spiro atoms. The average molecular weight is 285 g/mol. The lowest BCUT2D eigenvalue weighted by Crippen LogP contribution is -2.15. The van der Waals surface area contributed by atoms with Crippen molar-refractivity contribution in [3.63, 3.8) is 0 Å². The molecular formula is C16H15NO4. The lowest BCUT2D eigenvalue weighted by Gasteiger charge is -2.13. The SMILES string of the molecule is COC(=O)c1c(C)nc(C)c(O)c1C(=O)c1ccccc1. The molecule has 1 aromatic carbocycles. The van der Waals surface area contributed by atoms with Crippen LogP contribution in [-0.2, 0) is 4.74 Å². The molecule has 1 heterocycles. The van der Waals surface area contributed by atoms with Crippen molar-refractivity contribution in [1.82, 2.24) is 4.98 Å². The van der Waals surface area contributed by atoms with E-state index in [1.54, 1.807) is 44.2 Å². The van der Waals surface area contributed by atoms with Gasteiger partial charge >= 0.3 is 5.97 Å². The molecule has 0 amide bonds. The number of esters is 1. The Kier molecular flexibility index (Phi) is 4.03. The number of rotatable bonds is 3. The van der Waals surface area contributed by atoms with E-state index in [-0.39, 0.29) is 16.9 Å². The zero-order valence-corrected chi connectivity index (χ0v) is 12.0. The number of carbonyl (C=O) groups is 2. The Bertz CT molecular complexity index is 708. The quantitative estimate of drug-likeness (QED) is 0.692. The maximum absolute atomic E-state index is 12.6. The topological polar surface area (TPSA) is 76.5 Å². The van der Waals surface area contributed by atoms with Gasteiger partial charge < -0.3 is 9.84 Å². The Hall–Kier alpha value is -2.69. The van der Waals surface area contributed by atoms with E-state index in [1.165, 1.54) is 7.11 Å². The van der Waals surface area contributed by atoms with Crippen LogP contribution < -0.4 is 0 Å². The van der Waals surface area contributed by atoms with Gasteiger partial charge in [0.2, 0.25) is 0 Å². The number of aromatic nitrogens is 1. The molecule has 1 aromatic heterocycles. The molecule has 21 heavy (non-hydrogen) atoms. The predicted molar refractivity (Wildman–Crippen MR) is 76.6 cm³/mol. The molecule has 0 bridgehead atoms. The van der Waals surface area contributed by atoms with E-state index in [9.17, 15) is 14.7 Å². The second kappa shape index (κ2) is 5.75. The van der Waals surface area contributed by atoms with Gasteiger partial charge in [-0.2, -0.15) is 0 Å². The van der Waals surface area contributed by atoms with Crippen LogP contribution in [0.25, 0.3) is 0 Å². The highest BCUT2D eigenvalue weighted by atomic mass is 16.5. The highest BCUT2D eigenvalue weighted by molar-refractivity contribution is 6.16. The van der Waals surface area contributed by atoms with E-state index >= 15 is 0 Å². The molecule has 0 atom stereocenters. The van der Waals surface area contributed by atoms with Crippen LogP contribution in [0.1, 0.15) is 37.7 Å². The van der Waals surface area contributed by atoms with E-state index in [0.717, 1.165) is 0 Å². The van der Waals surface area contributed by atoms with E-state index in [0.29, 0.717) is 17.0 Å². The van der Waals surface area contributed by atoms with Crippen LogP contribution in [0.4, 0.5) is 0 Å². The van der Waals surface area contributed by atoms with Gasteiger partial charge in [-0.3, -0.25) is 9.78 Å². The van der Waals surface area contributed by atoms with Gasteiger partial charge in [0.1, 0.15) is 5.75 Å². The van der Waals surface area contributed by atoms with Gasteiger partial charge in [-0.25, -0.2) is 4.79 Å². The second-order valence-electron chi connectivity index (χ2n) is 4.57. The minimum Gasteiger partial charge on any atom is -0.505 e. The molecule has 0 saturated heterocycles. The molecule has 0 aliphatic heterocycles. The van der Waals surface area contributed by atoms with Gasteiger partial charge in [0.05, 0.1) is 29.6 Å². The molecule has 0 radical (unpaired) electrons. The summed E-state index contributed by atoms with van der Waals surface area (Å²) in [5, 5.41) is 10.2. The van der Waals surface area contributed by atoms with Crippen molar-refractivity contribution < 1.29 is 19.4 Å². The summed E-state index contributed by atoms with van der Waals surface area (Å²) in [5.41, 5.74) is 0.936. The molecule has 1 N–H and O–H groups in total. The van der Waals surface area contributed by atoms with Crippen LogP contribution in [0.5, 0.6) is 5.75 Å². The molecule has 5 heteroatoms. The third kappa shape index (κ3) is 2.63. The molecule has 5 nitrogen and oxygen atoms in total. The molecule has 108 valence electrons. The van der Waals surface area contributed by atoms with Crippen LogP contribution >= 0.6 is 0 Å². The van der Waals surface area contributed by atoms with Crippen molar-refractivity contribution >= 4 is 11.8 Å². The standard InChI is InChI=1S/C16H15NO4/c1-9-12(16(20)21-3)13(14(18)10(2)17-9)15(19)11-7-5-4-6-8-11/h4-8,18H,1-3H3. The van der Waals surface area contributed by atoms with Crippen molar-refractivity contribution in [2.75, 3.05) is 7.11 Å². The number of hydrogen-bond donors (Lipinski definition) is 1. The molecule has 0 fully saturated rings.